The highest BCUT2D eigenvalue weighted by molar-refractivity contribution is 7.55. The van der Waals surface area contributed by atoms with E-state index in [1.165, 1.54) is 27.8 Å². The average Bonchev–Trinajstić information content (AvgIpc) is 2.72. The van der Waals surface area contributed by atoms with Crippen molar-refractivity contribution >= 4 is 13.7 Å². The van der Waals surface area contributed by atoms with E-state index in [4.69, 9.17) is 4.52 Å². The summed E-state index contributed by atoms with van der Waals surface area (Å²) in [6, 6.07) is 19.0. The SMILES string of the molecule is Cc1ccc(OP(O)c2ccccc2-c2c(C(C)(C)C)cc(C)cc2C(C)(C)C)c(C(C)(C)C)c1. The van der Waals surface area contributed by atoms with E-state index in [-0.39, 0.29) is 16.2 Å². The Morgan fingerprint density at radius 1 is 0.629 bits per heavy atom. The van der Waals surface area contributed by atoms with Crippen molar-refractivity contribution in [2.24, 2.45) is 0 Å². The maximum absolute atomic E-state index is 11.6. The summed E-state index contributed by atoms with van der Waals surface area (Å²) in [5, 5.41) is 0.850. The van der Waals surface area contributed by atoms with Crippen molar-refractivity contribution < 1.29 is 9.42 Å². The van der Waals surface area contributed by atoms with Gasteiger partial charge in [0.1, 0.15) is 5.75 Å². The molecule has 3 rings (SSSR count). The molecule has 188 valence electrons. The molecule has 1 unspecified atom stereocenters. The van der Waals surface area contributed by atoms with Gasteiger partial charge in [-0.05, 0) is 64.5 Å². The minimum atomic E-state index is -1.87. The molecule has 0 fully saturated rings. The van der Waals surface area contributed by atoms with Gasteiger partial charge < -0.3 is 9.42 Å². The van der Waals surface area contributed by atoms with Crippen LogP contribution in [0.1, 0.15) is 90.1 Å². The van der Waals surface area contributed by atoms with Gasteiger partial charge >= 0.3 is 0 Å². The number of hydrogen-bond acceptors (Lipinski definition) is 2. The topological polar surface area (TPSA) is 29.5 Å². The lowest BCUT2D eigenvalue weighted by molar-refractivity contribution is 0.479. The molecule has 3 aromatic carbocycles. The second kappa shape index (κ2) is 9.72. The Balaban J connectivity index is 2.23. The molecular formula is C32H43O2P. The molecule has 1 atom stereocenters. The van der Waals surface area contributed by atoms with Crippen LogP contribution in [0.15, 0.2) is 54.6 Å². The lowest BCUT2D eigenvalue weighted by Crippen LogP contribution is -2.22. The van der Waals surface area contributed by atoms with Gasteiger partial charge in [-0.3, -0.25) is 0 Å². The predicted octanol–water partition coefficient (Wildman–Crippen LogP) is 8.87. The number of hydrogen-bond donors (Lipinski definition) is 1. The van der Waals surface area contributed by atoms with Crippen molar-refractivity contribution in [1.82, 2.24) is 0 Å². The monoisotopic (exact) mass is 490 g/mol. The van der Waals surface area contributed by atoms with Crippen molar-refractivity contribution in [3.05, 3.63) is 82.4 Å². The lowest BCUT2D eigenvalue weighted by atomic mass is 9.73. The first-order chi connectivity index (χ1) is 16.0. The fourth-order valence-corrected chi connectivity index (χ4v) is 5.61. The average molecular weight is 491 g/mol. The highest BCUT2D eigenvalue weighted by Gasteiger charge is 2.30. The molecule has 0 aliphatic carbocycles. The van der Waals surface area contributed by atoms with Gasteiger partial charge in [-0.25, -0.2) is 0 Å². The third-order valence-corrected chi connectivity index (χ3v) is 7.58. The fourth-order valence-electron chi connectivity index (χ4n) is 4.56. The first-order valence-electron chi connectivity index (χ1n) is 12.5. The van der Waals surface area contributed by atoms with E-state index in [0.29, 0.717) is 0 Å². The Hall–Kier alpha value is -2.15. The zero-order valence-corrected chi connectivity index (χ0v) is 24.4. The lowest BCUT2D eigenvalue weighted by Gasteiger charge is -2.32. The maximum Gasteiger partial charge on any atom is 0.262 e. The quantitative estimate of drug-likeness (QED) is 0.370. The normalized spacial score (nSPS) is 13.6. The van der Waals surface area contributed by atoms with Crippen LogP contribution in [0.3, 0.4) is 0 Å². The van der Waals surface area contributed by atoms with E-state index in [9.17, 15) is 4.89 Å². The summed E-state index contributed by atoms with van der Waals surface area (Å²) in [5.41, 5.74) is 8.23. The molecule has 35 heavy (non-hydrogen) atoms. The van der Waals surface area contributed by atoms with Gasteiger partial charge in [0.25, 0.3) is 8.38 Å². The van der Waals surface area contributed by atoms with E-state index in [2.05, 4.69) is 113 Å². The van der Waals surface area contributed by atoms with Crippen LogP contribution in [0.4, 0.5) is 0 Å². The molecule has 0 amide bonds. The molecule has 0 heterocycles. The predicted molar refractivity (Wildman–Crippen MR) is 153 cm³/mol. The Morgan fingerprint density at radius 2 is 1.11 bits per heavy atom. The van der Waals surface area contributed by atoms with Crippen LogP contribution < -0.4 is 9.83 Å². The zero-order valence-electron chi connectivity index (χ0n) is 23.5. The Morgan fingerprint density at radius 3 is 1.63 bits per heavy atom. The smallest absolute Gasteiger partial charge is 0.262 e. The Kier molecular flexibility index (Phi) is 7.62. The summed E-state index contributed by atoms with van der Waals surface area (Å²) in [6.07, 6.45) is 0. The Bertz CT molecular complexity index is 1170. The largest absolute Gasteiger partial charge is 0.444 e. The standard InChI is InChI=1S/C32H43O2P/c1-21-16-17-27(24(18-21)30(3,4)5)34-35(33)28-15-13-12-14-23(28)29-25(31(6,7)8)19-22(2)20-26(29)32(9,10)11/h12-20,33H,1-11H3. The molecule has 2 nitrogen and oxygen atoms in total. The van der Waals surface area contributed by atoms with Crippen molar-refractivity contribution in [2.75, 3.05) is 0 Å². The van der Waals surface area contributed by atoms with Crippen molar-refractivity contribution in [3.63, 3.8) is 0 Å². The molecular weight excluding hydrogens is 447 g/mol. The third kappa shape index (κ3) is 6.16. The van der Waals surface area contributed by atoms with E-state index in [1.807, 2.05) is 18.2 Å². The summed E-state index contributed by atoms with van der Waals surface area (Å²) in [7, 11) is -1.87. The molecule has 0 radical (unpaired) electrons. The van der Waals surface area contributed by atoms with Gasteiger partial charge in [-0.15, -0.1) is 0 Å². The van der Waals surface area contributed by atoms with Crippen molar-refractivity contribution in [1.29, 1.82) is 0 Å². The molecule has 0 aromatic heterocycles. The number of aryl methyl sites for hydroxylation is 2. The van der Waals surface area contributed by atoms with E-state index in [0.717, 1.165) is 22.2 Å². The van der Waals surface area contributed by atoms with Gasteiger partial charge in [0.15, 0.2) is 0 Å². The minimum absolute atomic E-state index is 0.0517. The van der Waals surface area contributed by atoms with Crippen LogP contribution in [0.25, 0.3) is 11.1 Å². The Labute approximate surface area is 214 Å². The van der Waals surface area contributed by atoms with Gasteiger partial charge in [-0.2, -0.15) is 0 Å². The van der Waals surface area contributed by atoms with Crippen LogP contribution in [-0.2, 0) is 16.2 Å². The molecule has 0 saturated carbocycles. The molecule has 3 aromatic rings. The van der Waals surface area contributed by atoms with Crippen LogP contribution in [0.2, 0.25) is 0 Å². The summed E-state index contributed by atoms with van der Waals surface area (Å²) < 4.78 is 6.37. The second-order valence-electron chi connectivity index (χ2n) is 12.9. The summed E-state index contributed by atoms with van der Waals surface area (Å²) in [4.78, 5) is 11.6. The van der Waals surface area contributed by atoms with E-state index < -0.39 is 8.38 Å². The van der Waals surface area contributed by atoms with Gasteiger partial charge in [0.2, 0.25) is 0 Å². The van der Waals surface area contributed by atoms with Gasteiger partial charge in [0.05, 0.1) is 0 Å². The first kappa shape index (κ1) is 27.4. The fraction of sp³-hybridized carbons (Fsp3) is 0.438. The van der Waals surface area contributed by atoms with Gasteiger partial charge in [-0.1, -0.05) is 116 Å². The minimum Gasteiger partial charge on any atom is -0.444 e. The number of benzene rings is 3. The van der Waals surface area contributed by atoms with E-state index in [1.54, 1.807) is 0 Å². The molecule has 0 bridgehead atoms. The highest BCUT2D eigenvalue weighted by atomic mass is 31.2. The molecule has 0 spiro atoms. The molecule has 0 aliphatic rings. The number of rotatable bonds is 4. The summed E-state index contributed by atoms with van der Waals surface area (Å²) >= 11 is 0. The van der Waals surface area contributed by atoms with Gasteiger partial charge in [0, 0.05) is 10.9 Å². The zero-order chi connectivity index (χ0) is 26.3. The van der Waals surface area contributed by atoms with Crippen LogP contribution in [0, 0.1) is 13.8 Å². The molecule has 0 aliphatic heterocycles. The molecule has 0 saturated heterocycles. The van der Waals surface area contributed by atoms with Crippen LogP contribution in [0.5, 0.6) is 5.75 Å². The highest BCUT2D eigenvalue weighted by Crippen LogP contribution is 2.45. The maximum atomic E-state index is 11.6. The van der Waals surface area contributed by atoms with E-state index >= 15 is 0 Å². The third-order valence-electron chi connectivity index (χ3n) is 6.41. The summed E-state index contributed by atoms with van der Waals surface area (Å²) in [5.74, 6) is 0.752. The van der Waals surface area contributed by atoms with Crippen molar-refractivity contribution in [2.45, 2.75) is 92.4 Å². The second-order valence-corrected chi connectivity index (χ2v) is 14.1. The molecule has 3 heteroatoms. The summed E-state index contributed by atoms with van der Waals surface area (Å²) in [6.45, 7) is 24.4. The first-order valence-corrected chi connectivity index (χ1v) is 13.7. The van der Waals surface area contributed by atoms with Crippen LogP contribution >= 0.6 is 8.38 Å². The van der Waals surface area contributed by atoms with Crippen molar-refractivity contribution in [3.8, 4) is 16.9 Å². The molecule has 1 N–H and O–H groups in total. The van der Waals surface area contributed by atoms with Crippen LogP contribution in [-0.4, -0.2) is 4.89 Å².